The summed E-state index contributed by atoms with van der Waals surface area (Å²) in [4.78, 5) is 16.2. The molecule has 0 saturated carbocycles. The Morgan fingerprint density at radius 2 is 2.00 bits per heavy atom. The summed E-state index contributed by atoms with van der Waals surface area (Å²) in [7, 11) is 1.85. The maximum absolute atomic E-state index is 11.6. The molecule has 2 aromatic rings. The highest BCUT2D eigenvalue weighted by Gasteiger charge is 2.23. The largest absolute Gasteiger partial charge is 0.504 e. The van der Waals surface area contributed by atoms with Crippen LogP contribution in [0.5, 0.6) is 5.75 Å². The molecule has 4 heteroatoms. The number of phenolic OH excluding ortho intramolecular Hbond substituents is 1. The van der Waals surface area contributed by atoms with Gasteiger partial charge in [0.2, 0.25) is 5.56 Å². The van der Waals surface area contributed by atoms with Crippen molar-refractivity contribution in [3.05, 3.63) is 52.0 Å². The molecule has 0 atom stereocenters. The first-order valence-electron chi connectivity index (χ1n) is 6.41. The fraction of sp³-hybridized carbons (Fsp3) is 0.188. The van der Waals surface area contributed by atoms with Crippen LogP contribution in [0, 0.1) is 6.92 Å². The van der Waals surface area contributed by atoms with Crippen LogP contribution in [0.15, 0.2) is 35.3 Å². The van der Waals surface area contributed by atoms with Crippen molar-refractivity contribution in [3.63, 3.8) is 0 Å². The number of allylic oxidation sites excluding steroid dienone is 2. The van der Waals surface area contributed by atoms with E-state index >= 15 is 0 Å². The van der Waals surface area contributed by atoms with Gasteiger partial charge in [-0.1, -0.05) is 6.58 Å². The molecule has 0 fully saturated rings. The zero-order valence-electron chi connectivity index (χ0n) is 11.7. The van der Waals surface area contributed by atoms with E-state index in [-0.39, 0.29) is 11.3 Å². The predicted octanol–water partition coefficient (Wildman–Crippen LogP) is 2.91. The number of anilines is 1. The van der Waals surface area contributed by atoms with E-state index in [1.54, 1.807) is 6.07 Å². The summed E-state index contributed by atoms with van der Waals surface area (Å²) in [6, 6.07) is 3.54. The van der Waals surface area contributed by atoms with Gasteiger partial charge in [-0.25, -0.2) is 0 Å². The molecule has 0 unspecified atom stereocenters. The number of benzene rings is 1. The van der Waals surface area contributed by atoms with E-state index in [9.17, 15) is 9.90 Å². The lowest BCUT2D eigenvalue weighted by molar-refractivity contribution is 0.480. The second-order valence-electron chi connectivity index (χ2n) is 5.24. The second kappa shape index (κ2) is 4.00. The highest BCUT2D eigenvalue weighted by molar-refractivity contribution is 6.00. The third-order valence-electron chi connectivity index (χ3n) is 3.87. The van der Waals surface area contributed by atoms with Gasteiger partial charge in [-0.15, -0.1) is 0 Å². The van der Waals surface area contributed by atoms with Gasteiger partial charge in [0.05, 0.1) is 11.2 Å². The average molecular weight is 268 g/mol. The Hall–Kier alpha value is -2.49. The van der Waals surface area contributed by atoms with E-state index in [1.165, 1.54) is 0 Å². The fourth-order valence-corrected chi connectivity index (χ4v) is 2.74. The van der Waals surface area contributed by atoms with Crippen molar-refractivity contribution >= 4 is 22.2 Å². The molecule has 1 aromatic carbocycles. The number of H-pyrrole nitrogens is 1. The number of aromatic hydroxyl groups is 1. The van der Waals surface area contributed by atoms with Crippen LogP contribution in [0.1, 0.15) is 18.1 Å². The van der Waals surface area contributed by atoms with Crippen LogP contribution >= 0.6 is 0 Å². The van der Waals surface area contributed by atoms with Crippen LogP contribution in [0.2, 0.25) is 0 Å². The van der Waals surface area contributed by atoms with Gasteiger partial charge in [0, 0.05) is 29.8 Å². The third kappa shape index (κ3) is 1.58. The van der Waals surface area contributed by atoms with Crippen LogP contribution in [0.25, 0.3) is 16.5 Å². The van der Waals surface area contributed by atoms with Crippen LogP contribution in [0.3, 0.4) is 0 Å². The summed E-state index contributed by atoms with van der Waals surface area (Å²) in [5.41, 5.74) is 4.61. The number of aromatic amines is 1. The number of hydrogen-bond donors (Lipinski definition) is 2. The van der Waals surface area contributed by atoms with Gasteiger partial charge < -0.3 is 15.0 Å². The van der Waals surface area contributed by atoms with Gasteiger partial charge in [0.1, 0.15) is 0 Å². The normalized spacial score (nSPS) is 14.4. The average Bonchev–Trinajstić information content (AvgIpc) is 2.37. The van der Waals surface area contributed by atoms with E-state index in [0.29, 0.717) is 11.2 Å². The SMILES string of the molecule is C=C1C=C(C)c2cc3c(C)cc(=O)[nH]c3c(O)c2N1C. The van der Waals surface area contributed by atoms with Crippen molar-refractivity contribution in [1.82, 2.24) is 4.98 Å². The molecule has 0 radical (unpaired) electrons. The zero-order valence-corrected chi connectivity index (χ0v) is 11.7. The Bertz CT molecular complexity index is 844. The Labute approximate surface area is 116 Å². The molecular formula is C16H16N2O2. The van der Waals surface area contributed by atoms with Gasteiger partial charge in [0.25, 0.3) is 0 Å². The van der Waals surface area contributed by atoms with E-state index < -0.39 is 0 Å². The number of pyridine rings is 1. The van der Waals surface area contributed by atoms with E-state index in [2.05, 4.69) is 11.6 Å². The molecule has 102 valence electrons. The lowest BCUT2D eigenvalue weighted by Gasteiger charge is -2.29. The number of likely N-dealkylation sites (N-methyl/N-ethyl adjacent to an activating group) is 1. The molecule has 1 aliphatic rings. The molecule has 2 N–H and O–H groups in total. The predicted molar refractivity (Wildman–Crippen MR) is 82.2 cm³/mol. The highest BCUT2D eigenvalue weighted by Crippen LogP contribution is 2.44. The van der Waals surface area contributed by atoms with Crippen molar-refractivity contribution in [2.24, 2.45) is 0 Å². The number of phenols is 1. The topological polar surface area (TPSA) is 56.3 Å². The Morgan fingerprint density at radius 1 is 1.30 bits per heavy atom. The summed E-state index contributed by atoms with van der Waals surface area (Å²) in [5.74, 6) is 0.0920. The molecule has 0 bridgehead atoms. The Kier molecular flexibility index (Phi) is 2.51. The fourth-order valence-electron chi connectivity index (χ4n) is 2.74. The molecule has 4 nitrogen and oxygen atoms in total. The molecule has 20 heavy (non-hydrogen) atoms. The third-order valence-corrected chi connectivity index (χ3v) is 3.87. The highest BCUT2D eigenvalue weighted by atomic mass is 16.3. The first-order chi connectivity index (χ1) is 9.40. The quantitative estimate of drug-likeness (QED) is 0.772. The monoisotopic (exact) mass is 268 g/mol. The Balaban J connectivity index is 2.51. The smallest absolute Gasteiger partial charge is 0.248 e. The lowest BCUT2D eigenvalue weighted by atomic mass is 9.95. The van der Waals surface area contributed by atoms with E-state index in [0.717, 1.165) is 27.8 Å². The summed E-state index contributed by atoms with van der Waals surface area (Å²) >= 11 is 0. The number of hydrogen-bond acceptors (Lipinski definition) is 3. The lowest BCUT2D eigenvalue weighted by Crippen LogP contribution is -2.19. The number of rotatable bonds is 0. The summed E-state index contributed by atoms with van der Waals surface area (Å²) in [6.45, 7) is 7.83. The molecule has 0 amide bonds. The van der Waals surface area contributed by atoms with Gasteiger partial charge in [0.15, 0.2) is 5.75 Å². The van der Waals surface area contributed by atoms with Crippen molar-refractivity contribution < 1.29 is 5.11 Å². The first kappa shape index (κ1) is 12.5. The van der Waals surface area contributed by atoms with E-state index in [1.807, 2.05) is 37.9 Å². The van der Waals surface area contributed by atoms with Gasteiger partial charge in [-0.05, 0) is 37.1 Å². The van der Waals surface area contributed by atoms with Crippen LogP contribution in [-0.2, 0) is 0 Å². The molecule has 1 aliphatic heterocycles. The summed E-state index contributed by atoms with van der Waals surface area (Å²) in [5, 5.41) is 11.4. The molecule has 0 aliphatic carbocycles. The number of aromatic nitrogens is 1. The van der Waals surface area contributed by atoms with Crippen molar-refractivity contribution in [2.45, 2.75) is 13.8 Å². The van der Waals surface area contributed by atoms with Crippen LogP contribution in [-0.4, -0.2) is 17.1 Å². The number of nitrogens with one attached hydrogen (secondary N) is 1. The number of aryl methyl sites for hydroxylation is 1. The van der Waals surface area contributed by atoms with Crippen molar-refractivity contribution in [2.75, 3.05) is 11.9 Å². The minimum absolute atomic E-state index is 0.0920. The number of nitrogens with zero attached hydrogens (tertiary/aromatic N) is 1. The number of fused-ring (bicyclic) bond motifs is 2. The van der Waals surface area contributed by atoms with Crippen molar-refractivity contribution in [1.29, 1.82) is 0 Å². The molecule has 1 aromatic heterocycles. The second-order valence-corrected chi connectivity index (χ2v) is 5.24. The minimum Gasteiger partial charge on any atom is -0.504 e. The molecular weight excluding hydrogens is 252 g/mol. The summed E-state index contributed by atoms with van der Waals surface area (Å²) < 4.78 is 0. The first-order valence-corrected chi connectivity index (χ1v) is 6.41. The van der Waals surface area contributed by atoms with Crippen LogP contribution in [0.4, 0.5) is 5.69 Å². The standard InChI is InChI=1S/C16H16N2O2/c1-8-5-10(3)18(4)15-12(8)7-11-9(2)6-13(19)17-14(11)16(15)20/h5-7,20H,3H2,1-2,4H3,(H,17,19). The van der Waals surface area contributed by atoms with Gasteiger partial charge >= 0.3 is 0 Å². The molecule has 0 saturated heterocycles. The van der Waals surface area contributed by atoms with Crippen LogP contribution < -0.4 is 10.5 Å². The van der Waals surface area contributed by atoms with E-state index in [4.69, 9.17) is 0 Å². The van der Waals surface area contributed by atoms with Gasteiger partial charge in [-0.2, -0.15) is 0 Å². The minimum atomic E-state index is -0.213. The maximum atomic E-state index is 11.6. The maximum Gasteiger partial charge on any atom is 0.248 e. The molecule has 0 spiro atoms. The molecule has 2 heterocycles. The molecule has 3 rings (SSSR count). The van der Waals surface area contributed by atoms with Gasteiger partial charge in [-0.3, -0.25) is 4.79 Å². The summed E-state index contributed by atoms with van der Waals surface area (Å²) in [6.07, 6.45) is 1.98. The van der Waals surface area contributed by atoms with Crippen molar-refractivity contribution in [3.8, 4) is 5.75 Å². The Morgan fingerprint density at radius 3 is 2.70 bits per heavy atom. The zero-order chi connectivity index (χ0) is 14.6.